The van der Waals surface area contributed by atoms with E-state index in [2.05, 4.69) is 5.32 Å². The zero-order chi connectivity index (χ0) is 12.2. The number of methoxy groups -OCH3 is 1. The first-order chi connectivity index (χ1) is 7.50. The lowest BCUT2D eigenvalue weighted by molar-refractivity contribution is -0.128. The molecule has 2 atom stereocenters. The van der Waals surface area contributed by atoms with E-state index in [4.69, 9.17) is 10.5 Å². The first-order valence-electron chi connectivity index (χ1n) is 6.01. The van der Waals surface area contributed by atoms with E-state index in [1.54, 1.807) is 7.11 Å². The molecular formula is C12H24N2O2. The molecule has 0 radical (unpaired) electrons. The fourth-order valence-corrected chi connectivity index (χ4v) is 2.49. The molecule has 1 saturated carbocycles. The Kier molecular flexibility index (Phi) is 4.74. The van der Waals surface area contributed by atoms with Gasteiger partial charge in [-0.25, -0.2) is 0 Å². The summed E-state index contributed by atoms with van der Waals surface area (Å²) >= 11 is 0. The van der Waals surface area contributed by atoms with Crippen molar-refractivity contribution in [3.63, 3.8) is 0 Å². The summed E-state index contributed by atoms with van der Waals surface area (Å²) in [5.74, 6) is 0.592. The average Bonchev–Trinajstić information content (AvgIpc) is 2.64. The fourth-order valence-electron chi connectivity index (χ4n) is 2.49. The number of rotatable bonds is 5. The number of nitrogens with one attached hydrogen (secondary N) is 1. The van der Waals surface area contributed by atoms with Gasteiger partial charge in [-0.05, 0) is 39.2 Å². The lowest BCUT2D eigenvalue weighted by Gasteiger charge is -2.28. The second-order valence-electron chi connectivity index (χ2n) is 5.34. The molecule has 0 saturated heterocycles. The molecule has 1 aliphatic carbocycles. The third kappa shape index (κ3) is 3.46. The molecule has 0 heterocycles. The topological polar surface area (TPSA) is 64.3 Å². The predicted octanol–water partition coefficient (Wildman–Crippen LogP) is 0.903. The molecular weight excluding hydrogens is 204 g/mol. The minimum Gasteiger partial charge on any atom is -0.382 e. The van der Waals surface area contributed by atoms with Crippen LogP contribution in [0.3, 0.4) is 0 Å². The summed E-state index contributed by atoms with van der Waals surface area (Å²) in [4.78, 5) is 12.1. The second-order valence-corrected chi connectivity index (χ2v) is 5.34. The molecule has 0 aromatic rings. The van der Waals surface area contributed by atoms with Crippen LogP contribution in [0.5, 0.6) is 0 Å². The predicted molar refractivity (Wildman–Crippen MR) is 64.0 cm³/mol. The summed E-state index contributed by atoms with van der Waals surface area (Å²) in [6, 6.07) is 0. The molecule has 0 aromatic heterocycles. The lowest BCUT2D eigenvalue weighted by atomic mass is 9.94. The number of ether oxygens (including phenoxy) is 1. The van der Waals surface area contributed by atoms with Crippen LogP contribution in [0.25, 0.3) is 0 Å². The van der Waals surface area contributed by atoms with Gasteiger partial charge in [0.15, 0.2) is 0 Å². The Hall–Kier alpha value is -0.610. The third-order valence-electron chi connectivity index (χ3n) is 3.27. The summed E-state index contributed by atoms with van der Waals surface area (Å²) in [5.41, 5.74) is 5.38. The van der Waals surface area contributed by atoms with Crippen molar-refractivity contribution in [2.24, 2.45) is 17.6 Å². The van der Waals surface area contributed by atoms with E-state index < -0.39 is 0 Å². The SMILES string of the molecule is COCC(C)(C)NC(=O)[C@@H]1CCC[C@@H]1CN. The van der Waals surface area contributed by atoms with Crippen molar-refractivity contribution in [2.75, 3.05) is 20.3 Å². The van der Waals surface area contributed by atoms with Crippen molar-refractivity contribution in [2.45, 2.75) is 38.6 Å². The van der Waals surface area contributed by atoms with E-state index in [0.29, 0.717) is 19.1 Å². The van der Waals surface area contributed by atoms with Crippen molar-refractivity contribution >= 4 is 5.91 Å². The van der Waals surface area contributed by atoms with Gasteiger partial charge in [-0.1, -0.05) is 6.42 Å². The number of carbonyl (C=O) groups is 1. The quantitative estimate of drug-likeness (QED) is 0.735. The van der Waals surface area contributed by atoms with E-state index in [0.717, 1.165) is 19.3 Å². The highest BCUT2D eigenvalue weighted by atomic mass is 16.5. The van der Waals surface area contributed by atoms with E-state index in [1.807, 2.05) is 13.8 Å². The number of nitrogens with two attached hydrogens (primary N) is 1. The Bertz CT molecular complexity index is 241. The van der Waals surface area contributed by atoms with E-state index >= 15 is 0 Å². The molecule has 1 amide bonds. The van der Waals surface area contributed by atoms with Crippen LogP contribution in [0.4, 0.5) is 0 Å². The first kappa shape index (κ1) is 13.5. The fraction of sp³-hybridized carbons (Fsp3) is 0.917. The zero-order valence-corrected chi connectivity index (χ0v) is 10.6. The molecule has 0 aromatic carbocycles. The summed E-state index contributed by atoms with van der Waals surface area (Å²) in [6.07, 6.45) is 3.17. The number of hydrogen-bond acceptors (Lipinski definition) is 3. The summed E-state index contributed by atoms with van der Waals surface area (Å²) < 4.78 is 5.08. The molecule has 1 rings (SSSR count). The summed E-state index contributed by atoms with van der Waals surface area (Å²) in [5, 5.41) is 3.04. The molecule has 0 spiro atoms. The maximum absolute atomic E-state index is 12.1. The van der Waals surface area contributed by atoms with Gasteiger partial charge in [0, 0.05) is 13.0 Å². The second kappa shape index (κ2) is 5.64. The number of amides is 1. The molecule has 1 fully saturated rings. The van der Waals surface area contributed by atoms with Crippen LogP contribution in [0, 0.1) is 11.8 Å². The Morgan fingerprint density at radius 3 is 2.75 bits per heavy atom. The maximum Gasteiger partial charge on any atom is 0.223 e. The Morgan fingerprint density at radius 1 is 1.50 bits per heavy atom. The van der Waals surface area contributed by atoms with Gasteiger partial charge >= 0.3 is 0 Å². The smallest absolute Gasteiger partial charge is 0.223 e. The van der Waals surface area contributed by atoms with Crippen molar-refractivity contribution in [1.29, 1.82) is 0 Å². The van der Waals surface area contributed by atoms with Crippen LogP contribution in [-0.2, 0) is 9.53 Å². The van der Waals surface area contributed by atoms with Crippen molar-refractivity contribution in [1.82, 2.24) is 5.32 Å². The molecule has 4 heteroatoms. The van der Waals surface area contributed by atoms with Crippen LogP contribution in [0.2, 0.25) is 0 Å². The minimum absolute atomic E-state index is 0.0983. The Labute approximate surface area is 97.9 Å². The molecule has 4 nitrogen and oxygen atoms in total. The number of carbonyl (C=O) groups excluding carboxylic acids is 1. The molecule has 16 heavy (non-hydrogen) atoms. The van der Waals surface area contributed by atoms with E-state index in [9.17, 15) is 4.79 Å². The monoisotopic (exact) mass is 228 g/mol. The van der Waals surface area contributed by atoms with Gasteiger partial charge in [-0.2, -0.15) is 0 Å². The van der Waals surface area contributed by atoms with Gasteiger partial charge in [0.05, 0.1) is 12.1 Å². The Balaban J connectivity index is 2.51. The molecule has 3 N–H and O–H groups in total. The lowest BCUT2D eigenvalue weighted by Crippen LogP contribution is -2.50. The molecule has 94 valence electrons. The van der Waals surface area contributed by atoms with Gasteiger partial charge in [0.2, 0.25) is 5.91 Å². The minimum atomic E-state index is -0.298. The molecule has 1 aliphatic rings. The van der Waals surface area contributed by atoms with E-state index in [1.165, 1.54) is 0 Å². The standard InChI is InChI=1S/C12H24N2O2/c1-12(2,8-16-3)14-11(15)10-6-4-5-9(10)7-13/h9-10H,4-8,13H2,1-3H3,(H,14,15)/t9-,10-/m1/s1. The molecule has 0 bridgehead atoms. The van der Waals surface area contributed by atoms with Crippen molar-refractivity contribution < 1.29 is 9.53 Å². The van der Waals surface area contributed by atoms with Crippen molar-refractivity contribution in [3.8, 4) is 0 Å². The maximum atomic E-state index is 12.1. The first-order valence-corrected chi connectivity index (χ1v) is 6.01. The number of hydrogen-bond donors (Lipinski definition) is 2. The average molecular weight is 228 g/mol. The summed E-state index contributed by atoms with van der Waals surface area (Å²) in [6.45, 7) is 5.09. The highest BCUT2D eigenvalue weighted by molar-refractivity contribution is 5.80. The van der Waals surface area contributed by atoms with Crippen LogP contribution < -0.4 is 11.1 Å². The van der Waals surface area contributed by atoms with Crippen LogP contribution in [0.15, 0.2) is 0 Å². The van der Waals surface area contributed by atoms with Gasteiger partial charge in [-0.15, -0.1) is 0 Å². The highest BCUT2D eigenvalue weighted by Crippen LogP contribution is 2.31. The molecule has 0 aliphatic heterocycles. The highest BCUT2D eigenvalue weighted by Gasteiger charge is 2.34. The van der Waals surface area contributed by atoms with Crippen molar-refractivity contribution in [3.05, 3.63) is 0 Å². The largest absolute Gasteiger partial charge is 0.382 e. The summed E-state index contributed by atoms with van der Waals surface area (Å²) in [7, 11) is 1.65. The Morgan fingerprint density at radius 2 is 2.19 bits per heavy atom. The van der Waals surface area contributed by atoms with Gasteiger partial charge in [-0.3, -0.25) is 4.79 Å². The molecule has 0 unspecified atom stereocenters. The third-order valence-corrected chi connectivity index (χ3v) is 3.27. The van der Waals surface area contributed by atoms with Crippen LogP contribution in [0.1, 0.15) is 33.1 Å². The van der Waals surface area contributed by atoms with Gasteiger partial charge < -0.3 is 15.8 Å². The van der Waals surface area contributed by atoms with Gasteiger partial charge in [0.1, 0.15) is 0 Å². The van der Waals surface area contributed by atoms with E-state index in [-0.39, 0.29) is 17.4 Å². The van der Waals surface area contributed by atoms with Crippen LogP contribution in [-0.4, -0.2) is 31.7 Å². The zero-order valence-electron chi connectivity index (χ0n) is 10.6. The normalized spacial score (nSPS) is 25.8. The van der Waals surface area contributed by atoms with Gasteiger partial charge in [0.25, 0.3) is 0 Å². The van der Waals surface area contributed by atoms with Crippen LogP contribution >= 0.6 is 0 Å².